The number of epoxide rings is 1. The van der Waals surface area contributed by atoms with Gasteiger partial charge in [0.25, 0.3) is 0 Å². The zero-order valence-electron chi connectivity index (χ0n) is 9.72. The number of nitrogens with zero attached hydrogens (tertiary/aromatic N) is 1. The average Bonchev–Trinajstić information content (AvgIpc) is 3.03. The van der Waals surface area contributed by atoms with Crippen LogP contribution in [0.25, 0.3) is 0 Å². The van der Waals surface area contributed by atoms with Crippen LogP contribution >= 0.6 is 0 Å². The molecule has 2 rings (SSSR count). The Morgan fingerprint density at radius 3 is 2.82 bits per heavy atom. The van der Waals surface area contributed by atoms with E-state index in [4.69, 9.17) is 14.2 Å². The second-order valence-corrected chi connectivity index (χ2v) is 4.18. The van der Waals surface area contributed by atoms with Crippen LogP contribution in [0.15, 0.2) is 0 Å². The van der Waals surface area contributed by atoms with Crippen LogP contribution in [0.2, 0.25) is 0 Å². The van der Waals surface area contributed by atoms with Gasteiger partial charge in [0.1, 0.15) is 6.61 Å². The molecular weight excluding hydrogens is 226 g/mol. The zero-order chi connectivity index (χ0) is 12.1. The Morgan fingerprint density at radius 1 is 1.41 bits per heavy atom. The fourth-order valence-electron chi connectivity index (χ4n) is 1.73. The third-order valence-corrected chi connectivity index (χ3v) is 2.81. The number of hydrogen-bond acceptors (Lipinski definition) is 5. The van der Waals surface area contributed by atoms with Gasteiger partial charge in [-0.1, -0.05) is 0 Å². The van der Waals surface area contributed by atoms with Crippen molar-refractivity contribution in [3.8, 4) is 0 Å². The standard InChI is InChI=1S/C11H17NO5/c13-10-2-1-4-12(10)5-7-16-11(14)15-6-3-9-8-17-9/h9H,1-8H2. The maximum atomic E-state index is 11.2. The molecule has 0 aromatic carbocycles. The van der Waals surface area contributed by atoms with Crippen molar-refractivity contribution >= 4 is 12.1 Å². The van der Waals surface area contributed by atoms with Gasteiger partial charge >= 0.3 is 6.16 Å². The molecule has 0 aliphatic carbocycles. The minimum absolute atomic E-state index is 0.132. The topological polar surface area (TPSA) is 68.4 Å². The summed E-state index contributed by atoms with van der Waals surface area (Å²) in [5.74, 6) is 0.132. The maximum absolute atomic E-state index is 11.2. The first-order valence-corrected chi connectivity index (χ1v) is 5.94. The largest absolute Gasteiger partial charge is 0.508 e. The van der Waals surface area contributed by atoms with Gasteiger partial charge in [0.2, 0.25) is 5.91 Å². The lowest BCUT2D eigenvalue weighted by atomic mass is 10.4. The minimum Gasteiger partial charge on any atom is -0.434 e. The van der Waals surface area contributed by atoms with E-state index in [1.165, 1.54) is 0 Å². The lowest BCUT2D eigenvalue weighted by Crippen LogP contribution is -2.29. The van der Waals surface area contributed by atoms with Gasteiger partial charge in [0, 0.05) is 19.4 Å². The van der Waals surface area contributed by atoms with Gasteiger partial charge in [0.05, 0.1) is 25.9 Å². The van der Waals surface area contributed by atoms with Crippen LogP contribution in [0.4, 0.5) is 4.79 Å². The number of carbonyl (C=O) groups excluding carboxylic acids is 2. The molecule has 1 unspecified atom stereocenters. The summed E-state index contributed by atoms with van der Waals surface area (Å²) in [5.41, 5.74) is 0. The summed E-state index contributed by atoms with van der Waals surface area (Å²) in [5, 5.41) is 0. The van der Waals surface area contributed by atoms with Crippen LogP contribution in [-0.4, -0.2) is 56.0 Å². The van der Waals surface area contributed by atoms with Gasteiger partial charge in [0.15, 0.2) is 0 Å². The number of rotatable bonds is 6. The maximum Gasteiger partial charge on any atom is 0.508 e. The third kappa shape index (κ3) is 4.22. The number of amides is 1. The van der Waals surface area contributed by atoms with Gasteiger partial charge in [-0.05, 0) is 6.42 Å². The predicted molar refractivity (Wildman–Crippen MR) is 57.5 cm³/mol. The van der Waals surface area contributed by atoms with E-state index in [1.54, 1.807) is 4.90 Å². The van der Waals surface area contributed by atoms with Gasteiger partial charge in [-0.15, -0.1) is 0 Å². The first-order chi connectivity index (χ1) is 8.25. The Bertz CT molecular complexity index is 290. The summed E-state index contributed by atoms with van der Waals surface area (Å²) in [7, 11) is 0. The number of hydrogen-bond donors (Lipinski definition) is 0. The molecule has 0 N–H and O–H groups in total. The molecule has 6 nitrogen and oxygen atoms in total. The van der Waals surface area contributed by atoms with Crippen molar-refractivity contribution in [3.05, 3.63) is 0 Å². The Morgan fingerprint density at radius 2 is 2.18 bits per heavy atom. The molecule has 1 atom stereocenters. The Hall–Kier alpha value is -1.30. The van der Waals surface area contributed by atoms with Crippen molar-refractivity contribution < 1.29 is 23.8 Å². The first-order valence-electron chi connectivity index (χ1n) is 5.94. The second-order valence-electron chi connectivity index (χ2n) is 4.18. The highest BCUT2D eigenvalue weighted by Gasteiger charge is 2.23. The smallest absolute Gasteiger partial charge is 0.434 e. The van der Waals surface area contributed by atoms with Crippen molar-refractivity contribution in [2.75, 3.05) is 32.9 Å². The molecule has 0 spiro atoms. The quantitative estimate of drug-likeness (QED) is 0.503. The van der Waals surface area contributed by atoms with E-state index in [-0.39, 0.29) is 18.6 Å². The summed E-state index contributed by atoms with van der Waals surface area (Å²) in [6.07, 6.45) is 1.80. The van der Waals surface area contributed by atoms with Gasteiger partial charge in [-0.2, -0.15) is 0 Å². The molecule has 96 valence electrons. The predicted octanol–water partition coefficient (Wildman–Crippen LogP) is 0.551. The molecule has 2 aliphatic heterocycles. The van der Waals surface area contributed by atoms with Crippen molar-refractivity contribution in [1.82, 2.24) is 4.90 Å². The van der Waals surface area contributed by atoms with Crippen LogP contribution in [0.5, 0.6) is 0 Å². The van der Waals surface area contributed by atoms with E-state index < -0.39 is 6.16 Å². The van der Waals surface area contributed by atoms with Crippen LogP contribution in [0.3, 0.4) is 0 Å². The Balaban J connectivity index is 1.48. The molecular formula is C11H17NO5. The van der Waals surface area contributed by atoms with E-state index in [2.05, 4.69) is 0 Å². The van der Waals surface area contributed by atoms with E-state index in [9.17, 15) is 9.59 Å². The van der Waals surface area contributed by atoms with E-state index in [0.717, 1.165) is 26.0 Å². The number of carbonyl (C=O) groups is 2. The van der Waals surface area contributed by atoms with Gasteiger partial charge < -0.3 is 19.1 Å². The van der Waals surface area contributed by atoms with E-state index >= 15 is 0 Å². The molecule has 2 fully saturated rings. The Kier molecular flexibility index (Phi) is 4.19. The zero-order valence-corrected chi connectivity index (χ0v) is 9.72. The molecule has 2 saturated heterocycles. The van der Waals surface area contributed by atoms with Crippen molar-refractivity contribution in [2.45, 2.75) is 25.4 Å². The molecule has 17 heavy (non-hydrogen) atoms. The minimum atomic E-state index is -0.669. The molecule has 1 amide bonds. The van der Waals surface area contributed by atoms with Gasteiger partial charge in [-0.3, -0.25) is 4.79 Å². The van der Waals surface area contributed by atoms with Crippen molar-refractivity contribution in [3.63, 3.8) is 0 Å². The second kappa shape index (κ2) is 5.86. The fraction of sp³-hybridized carbons (Fsp3) is 0.818. The molecule has 0 aromatic rings. The van der Waals surface area contributed by atoms with E-state index in [0.29, 0.717) is 19.6 Å². The first kappa shape index (κ1) is 12.2. The van der Waals surface area contributed by atoms with Gasteiger partial charge in [-0.25, -0.2) is 4.79 Å². The summed E-state index contributed by atoms with van der Waals surface area (Å²) in [4.78, 5) is 24.1. The lowest BCUT2D eigenvalue weighted by Gasteiger charge is -2.14. The Labute approximate surface area is 99.8 Å². The van der Waals surface area contributed by atoms with E-state index in [1.807, 2.05) is 0 Å². The number of ether oxygens (including phenoxy) is 3. The summed E-state index contributed by atoms with van der Waals surface area (Å²) in [6, 6.07) is 0. The highest BCUT2D eigenvalue weighted by atomic mass is 16.7. The molecule has 2 aliphatic rings. The van der Waals surface area contributed by atoms with Crippen LogP contribution in [0, 0.1) is 0 Å². The van der Waals surface area contributed by atoms with Crippen LogP contribution < -0.4 is 0 Å². The van der Waals surface area contributed by atoms with Crippen molar-refractivity contribution in [1.29, 1.82) is 0 Å². The van der Waals surface area contributed by atoms with Crippen LogP contribution in [-0.2, 0) is 19.0 Å². The molecule has 6 heteroatoms. The lowest BCUT2D eigenvalue weighted by molar-refractivity contribution is -0.128. The monoisotopic (exact) mass is 243 g/mol. The fourth-order valence-corrected chi connectivity index (χ4v) is 1.73. The molecule has 2 heterocycles. The normalized spacial score (nSPS) is 22.7. The third-order valence-electron chi connectivity index (χ3n) is 2.81. The van der Waals surface area contributed by atoms with Crippen LogP contribution in [0.1, 0.15) is 19.3 Å². The summed E-state index contributed by atoms with van der Waals surface area (Å²) < 4.78 is 14.7. The highest BCUT2D eigenvalue weighted by molar-refractivity contribution is 5.78. The summed E-state index contributed by atoms with van der Waals surface area (Å²) in [6.45, 7) is 2.50. The molecule has 0 bridgehead atoms. The highest BCUT2D eigenvalue weighted by Crippen LogP contribution is 2.13. The summed E-state index contributed by atoms with van der Waals surface area (Å²) >= 11 is 0. The SMILES string of the molecule is O=C(OCCC1CO1)OCCN1CCCC1=O. The molecule has 0 radical (unpaired) electrons. The number of likely N-dealkylation sites (tertiary alicyclic amines) is 1. The molecule has 0 saturated carbocycles. The van der Waals surface area contributed by atoms with Crippen molar-refractivity contribution in [2.24, 2.45) is 0 Å². The average molecular weight is 243 g/mol. The molecule has 0 aromatic heterocycles.